The molecule has 4 nitrogen and oxygen atoms in total. The quantitative estimate of drug-likeness (QED) is 0.478. The minimum Gasteiger partial charge on any atom is -0.471 e. The highest BCUT2D eigenvalue weighted by Gasteiger charge is 2.29. The Hall–Kier alpha value is -2.05. The molecule has 7 heteroatoms. The molecule has 2 heterocycles. The lowest BCUT2D eigenvalue weighted by atomic mass is 10.0. The summed E-state index contributed by atoms with van der Waals surface area (Å²) in [7, 11) is 0. The van der Waals surface area contributed by atoms with Gasteiger partial charge in [0.25, 0.3) is 0 Å². The molecule has 0 fully saturated rings. The van der Waals surface area contributed by atoms with Gasteiger partial charge in [0.15, 0.2) is 6.73 Å². The zero-order valence-corrected chi connectivity index (χ0v) is 16.5. The average Bonchev–Trinajstić information content (AvgIpc) is 3.14. The summed E-state index contributed by atoms with van der Waals surface area (Å²) in [5.41, 5.74) is 3.04. The molecule has 0 bridgehead atoms. The Labute approximate surface area is 167 Å². The van der Waals surface area contributed by atoms with E-state index in [0.29, 0.717) is 38.6 Å². The molecule has 0 atom stereocenters. The third-order valence-corrected chi connectivity index (χ3v) is 6.00. The van der Waals surface area contributed by atoms with Gasteiger partial charge in [0.05, 0.1) is 22.8 Å². The standard InChI is InChI=1S/C20H14BrClFNO3/c21-10-4-5-17(16(23)6-10)24-8-14-18-13(7-15(22)19(14)26-9-24)11-2-1-3-12(11)20(25)27-18/h4-7H,1-3,8-9H2. The molecule has 2 aliphatic rings. The Morgan fingerprint density at radius 3 is 2.78 bits per heavy atom. The lowest BCUT2D eigenvalue weighted by molar-refractivity contribution is 0.287. The van der Waals surface area contributed by atoms with E-state index in [1.165, 1.54) is 6.07 Å². The summed E-state index contributed by atoms with van der Waals surface area (Å²) < 4.78 is 26.6. The molecule has 27 heavy (non-hydrogen) atoms. The Morgan fingerprint density at radius 1 is 1.15 bits per heavy atom. The summed E-state index contributed by atoms with van der Waals surface area (Å²) in [5.74, 6) is 0.143. The molecule has 0 amide bonds. The predicted octanol–water partition coefficient (Wildman–Crippen LogP) is 5.19. The molecule has 5 rings (SSSR count). The third-order valence-electron chi connectivity index (χ3n) is 5.23. The minimum atomic E-state index is -0.356. The van der Waals surface area contributed by atoms with Crippen LogP contribution >= 0.6 is 27.5 Å². The van der Waals surface area contributed by atoms with E-state index in [0.717, 1.165) is 35.8 Å². The maximum atomic E-state index is 14.4. The van der Waals surface area contributed by atoms with E-state index >= 15 is 0 Å². The number of anilines is 1. The number of hydrogen-bond acceptors (Lipinski definition) is 4. The summed E-state index contributed by atoms with van der Waals surface area (Å²) in [6.45, 7) is 0.499. The number of halogens is 3. The lowest BCUT2D eigenvalue weighted by Gasteiger charge is -2.32. The van der Waals surface area contributed by atoms with Gasteiger partial charge in [-0.15, -0.1) is 0 Å². The molecule has 0 saturated heterocycles. The van der Waals surface area contributed by atoms with Crippen molar-refractivity contribution in [2.45, 2.75) is 25.8 Å². The van der Waals surface area contributed by atoms with Crippen molar-refractivity contribution in [3.05, 3.63) is 66.7 Å². The first kappa shape index (κ1) is 17.1. The van der Waals surface area contributed by atoms with Gasteiger partial charge in [0, 0.05) is 15.4 Å². The molecular weight excluding hydrogens is 437 g/mol. The fourth-order valence-electron chi connectivity index (χ4n) is 4.00. The molecule has 0 radical (unpaired) electrons. The van der Waals surface area contributed by atoms with Crippen LogP contribution < -0.4 is 15.3 Å². The summed E-state index contributed by atoms with van der Waals surface area (Å²) in [5, 5.41) is 1.34. The van der Waals surface area contributed by atoms with Gasteiger partial charge in [0.1, 0.15) is 17.1 Å². The van der Waals surface area contributed by atoms with Crippen molar-refractivity contribution in [1.29, 1.82) is 0 Å². The van der Waals surface area contributed by atoms with E-state index < -0.39 is 0 Å². The Morgan fingerprint density at radius 2 is 1.96 bits per heavy atom. The van der Waals surface area contributed by atoms with Crippen molar-refractivity contribution in [1.82, 2.24) is 0 Å². The first-order chi connectivity index (χ1) is 13.0. The summed E-state index contributed by atoms with van der Waals surface area (Å²) in [6.07, 6.45) is 2.49. The summed E-state index contributed by atoms with van der Waals surface area (Å²) in [4.78, 5) is 14.2. The van der Waals surface area contributed by atoms with Crippen LogP contribution in [0.25, 0.3) is 11.0 Å². The second-order valence-corrected chi connectivity index (χ2v) is 8.13. The van der Waals surface area contributed by atoms with Crippen molar-refractivity contribution in [2.75, 3.05) is 11.6 Å². The van der Waals surface area contributed by atoms with Crippen LogP contribution in [-0.2, 0) is 19.4 Å². The second-order valence-electron chi connectivity index (χ2n) is 6.81. The highest BCUT2D eigenvalue weighted by Crippen LogP contribution is 2.42. The molecule has 0 unspecified atom stereocenters. The molecule has 2 aromatic carbocycles. The second kappa shape index (κ2) is 6.24. The first-order valence-electron chi connectivity index (χ1n) is 8.65. The maximum Gasteiger partial charge on any atom is 0.339 e. The average molecular weight is 451 g/mol. The van der Waals surface area contributed by atoms with E-state index in [1.54, 1.807) is 17.0 Å². The molecular formula is C20H14BrClFNO3. The van der Waals surface area contributed by atoms with Crippen LogP contribution in [-0.4, -0.2) is 6.73 Å². The van der Waals surface area contributed by atoms with Gasteiger partial charge < -0.3 is 14.1 Å². The van der Waals surface area contributed by atoms with E-state index in [1.807, 2.05) is 6.07 Å². The normalized spacial score (nSPS) is 15.6. The largest absolute Gasteiger partial charge is 0.471 e. The van der Waals surface area contributed by atoms with Crippen molar-refractivity contribution >= 4 is 44.2 Å². The van der Waals surface area contributed by atoms with Crippen LogP contribution in [0.1, 0.15) is 23.1 Å². The third kappa shape index (κ3) is 2.65. The molecule has 1 aliphatic carbocycles. The topological polar surface area (TPSA) is 42.7 Å². The van der Waals surface area contributed by atoms with E-state index in [4.69, 9.17) is 20.8 Å². The smallest absolute Gasteiger partial charge is 0.339 e. The molecule has 0 saturated carbocycles. The summed E-state index contributed by atoms with van der Waals surface area (Å²) >= 11 is 9.73. The van der Waals surface area contributed by atoms with Crippen LogP contribution in [0.4, 0.5) is 10.1 Å². The highest BCUT2D eigenvalue weighted by atomic mass is 79.9. The molecule has 138 valence electrons. The molecule has 0 N–H and O–H groups in total. The lowest BCUT2D eigenvalue weighted by Crippen LogP contribution is -2.33. The first-order valence-corrected chi connectivity index (χ1v) is 9.83. The minimum absolute atomic E-state index is 0.159. The number of rotatable bonds is 1. The van der Waals surface area contributed by atoms with Gasteiger partial charge in [0.2, 0.25) is 0 Å². The predicted molar refractivity (Wildman–Crippen MR) is 105 cm³/mol. The molecule has 3 aromatic rings. The SMILES string of the molecule is O=c1oc2c3c(c(Cl)cc2c2c1CCC2)OCN(c1ccc(Br)cc1F)C3. The van der Waals surface area contributed by atoms with Crippen LogP contribution in [0.15, 0.2) is 37.9 Å². The van der Waals surface area contributed by atoms with Crippen molar-refractivity contribution in [3.63, 3.8) is 0 Å². The highest BCUT2D eigenvalue weighted by molar-refractivity contribution is 9.10. The Balaban J connectivity index is 1.69. The van der Waals surface area contributed by atoms with Crippen LogP contribution in [0, 0.1) is 5.82 Å². The van der Waals surface area contributed by atoms with Crippen molar-refractivity contribution in [2.24, 2.45) is 0 Å². The fourth-order valence-corrected chi connectivity index (χ4v) is 4.61. The summed E-state index contributed by atoms with van der Waals surface area (Å²) in [6, 6.07) is 6.69. The number of hydrogen-bond donors (Lipinski definition) is 0. The molecule has 1 aromatic heterocycles. The number of nitrogens with zero attached hydrogens (tertiary/aromatic N) is 1. The number of ether oxygens (including phenoxy) is 1. The van der Waals surface area contributed by atoms with Crippen LogP contribution in [0.2, 0.25) is 5.02 Å². The van der Waals surface area contributed by atoms with Crippen molar-refractivity contribution in [3.8, 4) is 5.75 Å². The number of aryl methyl sites for hydroxylation is 1. The Bertz CT molecular complexity index is 1160. The van der Waals surface area contributed by atoms with Gasteiger partial charge in [-0.1, -0.05) is 27.5 Å². The Kier molecular flexibility index (Phi) is 3.95. The molecule has 0 spiro atoms. The maximum absolute atomic E-state index is 14.4. The van der Waals surface area contributed by atoms with Gasteiger partial charge in [-0.2, -0.15) is 0 Å². The van der Waals surface area contributed by atoms with Crippen LogP contribution in [0.3, 0.4) is 0 Å². The number of benzene rings is 2. The fraction of sp³-hybridized carbons (Fsp3) is 0.250. The van der Waals surface area contributed by atoms with E-state index in [2.05, 4.69) is 15.9 Å². The van der Waals surface area contributed by atoms with Gasteiger partial charge in [-0.25, -0.2) is 9.18 Å². The monoisotopic (exact) mass is 449 g/mol. The van der Waals surface area contributed by atoms with Crippen LogP contribution in [0.5, 0.6) is 5.75 Å². The van der Waals surface area contributed by atoms with E-state index in [9.17, 15) is 9.18 Å². The number of fused-ring (bicyclic) bond motifs is 5. The van der Waals surface area contributed by atoms with Gasteiger partial charge in [-0.3, -0.25) is 0 Å². The van der Waals surface area contributed by atoms with Gasteiger partial charge in [-0.05, 0) is 49.1 Å². The van der Waals surface area contributed by atoms with E-state index in [-0.39, 0.29) is 18.2 Å². The van der Waals surface area contributed by atoms with Gasteiger partial charge >= 0.3 is 5.63 Å². The van der Waals surface area contributed by atoms with Crippen molar-refractivity contribution < 1.29 is 13.5 Å². The zero-order valence-electron chi connectivity index (χ0n) is 14.2. The molecule has 1 aliphatic heterocycles. The zero-order chi connectivity index (χ0) is 18.7.